The molecule has 1 saturated heterocycles. The summed E-state index contributed by atoms with van der Waals surface area (Å²) >= 11 is 0. The smallest absolute Gasteiger partial charge is 0.243 e. The van der Waals surface area contributed by atoms with Crippen molar-refractivity contribution in [2.45, 2.75) is 39.8 Å². The molecule has 9 heteroatoms. The molecule has 1 amide bonds. The predicted octanol–water partition coefficient (Wildman–Crippen LogP) is 1.38. The van der Waals surface area contributed by atoms with Crippen LogP contribution in [0, 0.1) is 13.8 Å². The van der Waals surface area contributed by atoms with Crippen LogP contribution >= 0.6 is 0 Å². The minimum absolute atomic E-state index is 0.0746. The van der Waals surface area contributed by atoms with Gasteiger partial charge in [-0.15, -0.1) is 0 Å². The number of nitrogens with one attached hydrogen (secondary N) is 1. The molecule has 136 valence electrons. The standard InChI is InChI=1S/C16H24N6O3/c1-10-9-14(20-24-10)18-15(23)11(2)21-5-7-22(8-6-21)12(3)16-17-13(4)19-25-16/h9,11-12H,5-8H2,1-4H3,(H,18,20,23)/t11-,12-/m1/s1. The third kappa shape index (κ3) is 4.05. The average Bonchev–Trinajstić information content (AvgIpc) is 3.22. The van der Waals surface area contributed by atoms with Crippen molar-refractivity contribution < 1.29 is 13.8 Å². The van der Waals surface area contributed by atoms with Crippen LogP contribution in [0.4, 0.5) is 5.82 Å². The van der Waals surface area contributed by atoms with Crippen molar-refractivity contribution in [1.82, 2.24) is 25.1 Å². The van der Waals surface area contributed by atoms with E-state index in [1.165, 1.54) is 0 Å². The Hall–Kier alpha value is -2.26. The highest BCUT2D eigenvalue weighted by atomic mass is 16.5. The van der Waals surface area contributed by atoms with E-state index in [9.17, 15) is 4.79 Å². The molecule has 2 atom stereocenters. The van der Waals surface area contributed by atoms with Gasteiger partial charge in [-0.3, -0.25) is 14.6 Å². The van der Waals surface area contributed by atoms with Gasteiger partial charge in [0, 0.05) is 32.2 Å². The molecular weight excluding hydrogens is 324 g/mol. The highest BCUT2D eigenvalue weighted by Crippen LogP contribution is 2.21. The van der Waals surface area contributed by atoms with Gasteiger partial charge in [0.1, 0.15) is 5.76 Å². The Bertz CT molecular complexity index is 719. The minimum Gasteiger partial charge on any atom is -0.360 e. The summed E-state index contributed by atoms with van der Waals surface area (Å²) in [7, 11) is 0. The SMILES string of the molecule is Cc1noc([C@@H](C)N2CCN([C@H](C)C(=O)Nc3cc(C)on3)CC2)n1. The fraction of sp³-hybridized carbons (Fsp3) is 0.625. The van der Waals surface area contributed by atoms with E-state index in [1.54, 1.807) is 13.0 Å². The summed E-state index contributed by atoms with van der Waals surface area (Å²) in [4.78, 5) is 21.1. The Kier molecular flexibility index (Phi) is 5.14. The second kappa shape index (κ2) is 7.32. The maximum absolute atomic E-state index is 12.4. The van der Waals surface area contributed by atoms with Crippen molar-refractivity contribution in [2.24, 2.45) is 0 Å². The lowest BCUT2D eigenvalue weighted by Crippen LogP contribution is -2.53. The third-order valence-electron chi connectivity index (χ3n) is 4.60. The number of aromatic nitrogens is 3. The molecule has 1 aliphatic heterocycles. The van der Waals surface area contributed by atoms with E-state index < -0.39 is 0 Å². The zero-order chi connectivity index (χ0) is 18.0. The van der Waals surface area contributed by atoms with Crippen molar-refractivity contribution in [2.75, 3.05) is 31.5 Å². The maximum Gasteiger partial charge on any atom is 0.243 e. The van der Waals surface area contributed by atoms with Gasteiger partial charge >= 0.3 is 0 Å². The monoisotopic (exact) mass is 348 g/mol. The maximum atomic E-state index is 12.4. The summed E-state index contributed by atoms with van der Waals surface area (Å²) in [5.41, 5.74) is 0. The first-order valence-electron chi connectivity index (χ1n) is 8.46. The fourth-order valence-electron chi connectivity index (χ4n) is 2.97. The number of carbonyl (C=O) groups is 1. The normalized spacial score (nSPS) is 18.9. The molecule has 25 heavy (non-hydrogen) atoms. The number of nitrogens with zero attached hydrogens (tertiary/aromatic N) is 5. The topological polar surface area (TPSA) is 101 Å². The van der Waals surface area contributed by atoms with Crippen LogP contribution < -0.4 is 5.32 Å². The van der Waals surface area contributed by atoms with E-state index in [0.29, 0.717) is 23.3 Å². The molecule has 2 aromatic heterocycles. The van der Waals surface area contributed by atoms with Gasteiger partial charge in [0.2, 0.25) is 11.8 Å². The van der Waals surface area contributed by atoms with Crippen LogP contribution in [0.15, 0.2) is 15.1 Å². The zero-order valence-electron chi connectivity index (χ0n) is 15.0. The highest BCUT2D eigenvalue weighted by molar-refractivity contribution is 5.93. The fourth-order valence-corrected chi connectivity index (χ4v) is 2.97. The summed E-state index contributed by atoms with van der Waals surface area (Å²) in [6.07, 6.45) is 0. The van der Waals surface area contributed by atoms with Gasteiger partial charge in [-0.1, -0.05) is 10.3 Å². The van der Waals surface area contributed by atoms with Crippen LogP contribution in [0.25, 0.3) is 0 Å². The molecule has 0 aromatic carbocycles. The quantitative estimate of drug-likeness (QED) is 0.865. The van der Waals surface area contributed by atoms with Crippen LogP contribution in [0.3, 0.4) is 0 Å². The van der Waals surface area contributed by atoms with Gasteiger partial charge in [-0.25, -0.2) is 0 Å². The molecule has 0 aliphatic carbocycles. The van der Waals surface area contributed by atoms with Crippen LogP contribution in [-0.2, 0) is 4.79 Å². The van der Waals surface area contributed by atoms with Gasteiger partial charge in [0.25, 0.3) is 0 Å². The van der Waals surface area contributed by atoms with Crippen LogP contribution in [0.1, 0.15) is 37.4 Å². The van der Waals surface area contributed by atoms with E-state index in [0.717, 1.165) is 26.2 Å². The lowest BCUT2D eigenvalue weighted by molar-refractivity contribution is -0.121. The molecule has 0 unspecified atom stereocenters. The van der Waals surface area contributed by atoms with Crippen LogP contribution in [0.5, 0.6) is 0 Å². The van der Waals surface area contributed by atoms with Gasteiger partial charge in [-0.05, 0) is 27.7 Å². The number of piperazine rings is 1. The average molecular weight is 348 g/mol. The van der Waals surface area contributed by atoms with Crippen molar-refractivity contribution in [1.29, 1.82) is 0 Å². The second-order valence-corrected chi connectivity index (χ2v) is 6.42. The summed E-state index contributed by atoms with van der Waals surface area (Å²) in [6.45, 7) is 10.8. The Balaban J connectivity index is 1.51. The van der Waals surface area contributed by atoms with Gasteiger partial charge in [0.05, 0.1) is 12.1 Å². The first kappa shape index (κ1) is 17.6. The van der Waals surface area contributed by atoms with E-state index in [2.05, 4.69) is 37.3 Å². The first-order chi connectivity index (χ1) is 11.9. The van der Waals surface area contributed by atoms with E-state index in [1.807, 2.05) is 13.8 Å². The van der Waals surface area contributed by atoms with Gasteiger partial charge in [-0.2, -0.15) is 4.98 Å². The van der Waals surface area contributed by atoms with E-state index in [4.69, 9.17) is 9.05 Å². The molecule has 0 saturated carbocycles. The number of hydrogen-bond acceptors (Lipinski definition) is 8. The lowest BCUT2D eigenvalue weighted by atomic mass is 10.2. The molecule has 2 aromatic rings. The lowest BCUT2D eigenvalue weighted by Gasteiger charge is -2.38. The number of rotatable bonds is 5. The largest absolute Gasteiger partial charge is 0.360 e. The van der Waals surface area contributed by atoms with Crippen LogP contribution in [0.2, 0.25) is 0 Å². The van der Waals surface area contributed by atoms with Gasteiger partial charge < -0.3 is 14.4 Å². The Morgan fingerprint density at radius 2 is 1.80 bits per heavy atom. The van der Waals surface area contributed by atoms with E-state index in [-0.39, 0.29) is 18.0 Å². The Morgan fingerprint density at radius 1 is 1.12 bits per heavy atom. The highest BCUT2D eigenvalue weighted by Gasteiger charge is 2.29. The van der Waals surface area contributed by atoms with Crippen molar-refractivity contribution in [3.05, 3.63) is 23.5 Å². The summed E-state index contributed by atoms with van der Waals surface area (Å²) in [5.74, 6) is 2.32. The molecule has 0 radical (unpaired) electrons. The summed E-state index contributed by atoms with van der Waals surface area (Å²) in [5, 5.41) is 10.4. The number of aryl methyl sites for hydroxylation is 2. The first-order valence-corrected chi connectivity index (χ1v) is 8.46. The summed E-state index contributed by atoms with van der Waals surface area (Å²) < 4.78 is 10.2. The Labute approximate surface area is 146 Å². The Morgan fingerprint density at radius 3 is 2.36 bits per heavy atom. The van der Waals surface area contributed by atoms with Crippen LogP contribution in [-0.4, -0.2) is 63.2 Å². The molecule has 1 N–H and O–H groups in total. The molecule has 3 rings (SSSR count). The van der Waals surface area contributed by atoms with Crippen molar-refractivity contribution in [3.8, 4) is 0 Å². The number of amides is 1. The van der Waals surface area contributed by atoms with Crippen molar-refractivity contribution in [3.63, 3.8) is 0 Å². The number of anilines is 1. The molecule has 0 spiro atoms. The van der Waals surface area contributed by atoms with Crippen molar-refractivity contribution >= 4 is 11.7 Å². The number of hydrogen-bond donors (Lipinski definition) is 1. The van der Waals surface area contributed by atoms with E-state index >= 15 is 0 Å². The second-order valence-electron chi connectivity index (χ2n) is 6.42. The zero-order valence-corrected chi connectivity index (χ0v) is 15.0. The minimum atomic E-state index is -0.236. The molecule has 3 heterocycles. The third-order valence-corrected chi connectivity index (χ3v) is 4.60. The molecule has 0 bridgehead atoms. The molecule has 9 nitrogen and oxygen atoms in total. The summed E-state index contributed by atoms with van der Waals surface area (Å²) in [6, 6.07) is 1.54. The molecular formula is C16H24N6O3. The van der Waals surface area contributed by atoms with Gasteiger partial charge in [0.15, 0.2) is 11.6 Å². The molecule has 1 fully saturated rings. The molecule has 1 aliphatic rings. The predicted molar refractivity (Wildman–Crippen MR) is 89.9 cm³/mol. The number of carbonyl (C=O) groups excluding carboxylic acids is 1.